The Morgan fingerprint density at radius 3 is 2.50 bits per heavy atom. The topological polar surface area (TPSA) is 26.0 Å². The van der Waals surface area contributed by atoms with E-state index in [4.69, 9.17) is 5.73 Å². The predicted octanol–water partition coefficient (Wildman–Crippen LogP) is 2.72. The van der Waals surface area contributed by atoms with Crippen molar-refractivity contribution in [2.75, 3.05) is 0 Å². The molecule has 0 radical (unpaired) electrons. The average Bonchev–Trinajstić information content (AvgIpc) is 2.27. The second-order valence-corrected chi connectivity index (χ2v) is 4.86. The fourth-order valence-electron chi connectivity index (χ4n) is 2.36. The summed E-state index contributed by atoms with van der Waals surface area (Å²) in [6.45, 7) is 10.6. The van der Waals surface area contributed by atoms with Crippen molar-refractivity contribution in [2.24, 2.45) is 17.1 Å². The summed E-state index contributed by atoms with van der Waals surface area (Å²) >= 11 is 0. The first-order chi connectivity index (χ1) is 5.45. The lowest BCUT2D eigenvalue weighted by molar-refractivity contribution is 0.236. The van der Waals surface area contributed by atoms with Gasteiger partial charge in [-0.3, -0.25) is 0 Å². The van der Waals surface area contributed by atoms with E-state index >= 15 is 0 Å². The molecule has 1 aliphatic carbocycles. The average molecular weight is 167 g/mol. The molecule has 1 nitrogen and oxygen atoms in total. The maximum Gasteiger partial charge on any atom is 0.0282 e. The van der Waals surface area contributed by atoms with E-state index in [1.807, 2.05) is 6.92 Å². The molecule has 1 saturated carbocycles. The normalized spacial score (nSPS) is 30.2. The van der Waals surface area contributed by atoms with Gasteiger partial charge in [-0.15, -0.1) is 0 Å². The first kappa shape index (κ1) is 9.79. The van der Waals surface area contributed by atoms with Crippen molar-refractivity contribution in [3.63, 3.8) is 0 Å². The highest BCUT2D eigenvalue weighted by Crippen LogP contribution is 2.44. The lowest BCUT2D eigenvalue weighted by Crippen LogP contribution is -2.36. The van der Waals surface area contributed by atoms with Crippen LogP contribution in [0, 0.1) is 11.3 Å². The van der Waals surface area contributed by atoms with Crippen molar-refractivity contribution in [2.45, 2.75) is 46.1 Å². The quantitative estimate of drug-likeness (QED) is 0.629. The molecular formula is C11H21N. The molecule has 1 aliphatic rings. The zero-order valence-electron chi connectivity index (χ0n) is 8.56. The molecule has 0 spiro atoms. The largest absolute Gasteiger partial charge is 0.324 e. The van der Waals surface area contributed by atoms with Gasteiger partial charge >= 0.3 is 0 Å². The van der Waals surface area contributed by atoms with Gasteiger partial charge in [-0.1, -0.05) is 32.4 Å². The summed E-state index contributed by atoms with van der Waals surface area (Å²) < 4.78 is 0. The lowest BCUT2D eigenvalue weighted by Gasteiger charge is -2.32. The fourth-order valence-corrected chi connectivity index (χ4v) is 2.36. The minimum Gasteiger partial charge on any atom is -0.324 e. The molecular weight excluding hydrogens is 146 g/mol. The highest BCUT2D eigenvalue weighted by Gasteiger charge is 2.38. The first-order valence-corrected chi connectivity index (χ1v) is 4.86. The van der Waals surface area contributed by atoms with Crippen LogP contribution in [0.25, 0.3) is 0 Å². The minimum atomic E-state index is 0.211. The molecule has 2 N–H and O–H groups in total. The third-order valence-electron chi connectivity index (χ3n) is 3.34. The Morgan fingerprint density at radius 1 is 1.58 bits per heavy atom. The van der Waals surface area contributed by atoms with Gasteiger partial charge in [0.1, 0.15) is 0 Å². The molecule has 70 valence electrons. The van der Waals surface area contributed by atoms with E-state index in [1.165, 1.54) is 19.3 Å². The molecule has 0 aromatic heterocycles. The second-order valence-electron chi connectivity index (χ2n) is 4.86. The summed E-state index contributed by atoms with van der Waals surface area (Å²) in [4.78, 5) is 0. The van der Waals surface area contributed by atoms with E-state index in [1.54, 1.807) is 0 Å². The van der Waals surface area contributed by atoms with Crippen molar-refractivity contribution >= 4 is 0 Å². The molecule has 1 fully saturated rings. The summed E-state index contributed by atoms with van der Waals surface area (Å²) in [6.07, 6.45) is 3.93. The SMILES string of the molecule is C=C(C)C(N)C1CCCC1(C)C. The Labute approximate surface area is 76.0 Å². The van der Waals surface area contributed by atoms with Crippen LogP contribution >= 0.6 is 0 Å². The van der Waals surface area contributed by atoms with Gasteiger partial charge in [0.05, 0.1) is 0 Å². The maximum atomic E-state index is 6.10. The first-order valence-electron chi connectivity index (χ1n) is 4.86. The van der Waals surface area contributed by atoms with Crippen LogP contribution in [0.5, 0.6) is 0 Å². The Hall–Kier alpha value is -0.300. The Bertz CT molecular complexity index is 181. The molecule has 0 heterocycles. The van der Waals surface area contributed by atoms with Crippen molar-refractivity contribution in [3.8, 4) is 0 Å². The van der Waals surface area contributed by atoms with Crippen molar-refractivity contribution in [1.82, 2.24) is 0 Å². The monoisotopic (exact) mass is 167 g/mol. The van der Waals surface area contributed by atoms with E-state index in [0.717, 1.165) is 5.57 Å². The van der Waals surface area contributed by atoms with Crippen LogP contribution in [0.15, 0.2) is 12.2 Å². The Kier molecular flexibility index (Phi) is 2.62. The van der Waals surface area contributed by atoms with E-state index in [2.05, 4.69) is 20.4 Å². The maximum absolute atomic E-state index is 6.10. The van der Waals surface area contributed by atoms with Gasteiger partial charge in [-0.25, -0.2) is 0 Å². The van der Waals surface area contributed by atoms with Gasteiger partial charge < -0.3 is 5.73 Å². The minimum absolute atomic E-state index is 0.211. The molecule has 12 heavy (non-hydrogen) atoms. The van der Waals surface area contributed by atoms with Gasteiger partial charge in [0, 0.05) is 6.04 Å². The highest BCUT2D eigenvalue weighted by atomic mass is 14.7. The highest BCUT2D eigenvalue weighted by molar-refractivity contribution is 5.07. The van der Waals surface area contributed by atoms with E-state index < -0.39 is 0 Å². The number of hydrogen-bond donors (Lipinski definition) is 1. The van der Waals surface area contributed by atoms with Gasteiger partial charge in [-0.2, -0.15) is 0 Å². The van der Waals surface area contributed by atoms with Crippen LogP contribution in [0.4, 0.5) is 0 Å². The van der Waals surface area contributed by atoms with Crippen molar-refractivity contribution in [3.05, 3.63) is 12.2 Å². The van der Waals surface area contributed by atoms with Crippen molar-refractivity contribution < 1.29 is 0 Å². The zero-order valence-corrected chi connectivity index (χ0v) is 8.56. The predicted molar refractivity (Wildman–Crippen MR) is 53.9 cm³/mol. The third-order valence-corrected chi connectivity index (χ3v) is 3.34. The van der Waals surface area contributed by atoms with Crippen molar-refractivity contribution in [1.29, 1.82) is 0 Å². The molecule has 1 heteroatoms. The standard InChI is InChI=1S/C11H21N/c1-8(2)10(12)9-6-5-7-11(9,3)4/h9-10H,1,5-7,12H2,2-4H3. The third kappa shape index (κ3) is 1.71. The molecule has 1 rings (SSSR count). The number of hydrogen-bond acceptors (Lipinski definition) is 1. The summed E-state index contributed by atoms with van der Waals surface area (Å²) in [6, 6.07) is 0.211. The summed E-state index contributed by atoms with van der Waals surface area (Å²) in [5, 5.41) is 0. The molecule has 0 saturated heterocycles. The summed E-state index contributed by atoms with van der Waals surface area (Å²) in [5.74, 6) is 0.648. The smallest absolute Gasteiger partial charge is 0.0282 e. The van der Waals surface area contributed by atoms with Crippen LogP contribution < -0.4 is 5.73 Å². The van der Waals surface area contributed by atoms with E-state index in [-0.39, 0.29) is 6.04 Å². The van der Waals surface area contributed by atoms with Gasteiger partial charge in [0.25, 0.3) is 0 Å². The summed E-state index contributed by atoms with van der Waals surface area (Å²) in [5.41, 5.74) is 7.66. The molecule has 2 atom stereocenters. The lowest BCUT2D eigenvalue weighted by atomic mass is 9.76. The van der Waals surface area contributed by atoms with Crippen LogP contribution in [-0.2, 0) is 0 Å². The zero-order chi connectivity index (χ0) is 9.35. The van der Waals surface area contributed by atoms with Crippen LogP contribution in [0.2, 0.25) is 0 Å². The molecule has 0 aromatic rings. The molecule has 0 amide bonds. The second kappa shape index (κ2) is 3.21. The molecule has 0 aromatic carbocycles. The van der Waals surface area contributed by atoms with E-state index in [9.17, 15) is 0 Å². The molecule has 2 unspecified atom stereocenters. The molecule has 0 aliphatic heterocycles. The number of rotatable bonds is 2. The van der Waals surface area contributed by atoms with Gasteiger partial charge in [-0.05, 0) is 31.1 Å². The molecule has 0 bridgehead atoms. The van der Waals surface area contributed by atoms with Crippen LogP contribution in [0.1, 0.15) is 40.0 Å². The summed E-state index contributed by atoms with van der Waals surface area (Å²) in [7, 11) is 0. The number of nitrogens with two attached hydrogens (primary N) is 1. The van der Waals surface area contributed by atoms with Crippen LogP contribution in [0.3, 0.4) is 0 Å². The Balaban J connectivity index is 2.68. The van der Waals surface area contributed by atoms with Gasteiger partial charge in [0.2, 0.25) is 0 Å². The van der Waals surface area contributed by atoms with Gasteiger partial charge in [0.15, 0.2) is 0 Å². The fraction of sp³-hybridized carbons (Fsp3) is 0.818. The van der Waals surface area contributed by atoms with Crippen LogP contribution in [-0.4, -0.2) is 6.04 Å². The van der Waals surface area contributed by atoms with E-state index in [0.29, 0.717) is 11.3 Å². The Morgan fingerprint density at radius 2 is 2.17 bits per heavy atom.